The molecule has 0 aromatic heterocycles. The van der Waals surface area contributed by atoms with E-state index in [0.29, 0.717) is 0 Å². The smallest absolute Gasteiger partial charge is 0.159 e. The molecule has 0 radical (unpaired) electrons. The fourth-order valence-corrected chi connectivity index (χ4v) is 8.52. The maximum atomic E-state index is 2.72. The van der Waals surface area contributed by atoms with Crippen LogP contribution in [0, 0.1) is 0 Å². The Morgan fingerprint density at radius 2 is 1.04 bits per heavy atom. The molecule has 0 N–H and O–H groups in total. The zero-order chi connectivity index (χ0) is 17.4. The van der Waals surface area contributed by atoms with Gasteiger partial charge in [0.25, 0.3) is 0 Å². The van der Waals surface area contributed by atoms with Crippen molar-refractivity contribution in [2.75, 3.05) is 26.2 Å². The predicted molar refractivity (Wildman–Crippen MR) is 109 cm³/mol. The van der Waals surface area contributed by atoms with E-state index in [9.17, 15) is 0 Å². The summed E-state index contributed by atoms with van der Waals surface area (Å²) in [5.41, 5.74) is 1.44. The number of benzene rings is 2. The minimum atomic E-state index is -1.62. The van der Waals surface area contributed by atoms with Gasteiger partial charge in [-0.05, 0) is 45.4 Å². The predicted octanol–water partition coefficient (Wildman–Crippen LogP) is 5.04. The van der Waals surface area contributed by atoms with Gasteiger partial charge in [-0.1, -0.05) is 48.5 Å². The Kier molecular flexibility index (Phi) is 7.42. The van der Waals surface area contributed by atoms with Gasteiger partial charge < -0.3 is 0 Å². The Hall–Kier alpha value is -1.21. The van der Waals surface area contributed by atoms with Crippen molar-refractivity contribution in [1.29, 1.82) is 0 Å². The van der Waals surface area contributed by atoms with Gasteiger partial charge in [-0.3, -0.25) is 0 Å². The highest BCUT2D eigenvalue weighted by Crippen LogP contribution is 2.65. The summed E-state index contributed by atoms with van der Waals surface area (Å²) >= 11 is 0. The maximum Gasteiger partial charge on any atom is 0.190 e. The molecule has 0 atom stereocenters. The highest BCUT2D eigenvalue weighted by atomic mass is 31.2. The molecule has 130 valence electrons. The van der Waals surface area contributed by atoms with Crippen LogP contribution < -0.4 is 5.30 Å². The molecule has 2 nitrogen and oxygen atoms in total. The minimum Gasteiger partial charge on any atom is -0.159 e. The summed E-state index contributed by atoms with van der Waals surface area (Å²) < 4.78 is 5.45. The van der Waals surface area contributed by atoms with E-state index >= 15 is 0 Å². The van der Waals surface area contributed by atoms with Crippen LogP contribution in [0.15, 0.2) is 60.7 Å². The molecule has 24 heavy (non-hydrogen) atoms. The van der Waals surface area contributed by atoms with E-state index in [1.165, 1.54) is 10.9 Å². The number of hydrogen-bond acceptors (Lipinski definition) is 2. The van der Waals surface area contributed by atoms with E-state index in [1.807, 2.05) is 0 Å². The summed E-state index contributed by atoms with van der Waals surface area (Å²) in [5, 5.41) is 1.50. The van der Waals surface area contributed by atoms with Crippen molar-refractivity contribution in [3.63, 3.8) is 0 Å². The SMILES string of the molecule is CCN(CC)[P+](Cc1ccccc1)(c1ccccc1)N(CC)CC. The molecule has 0 amide bonds. The van der Waals surface area contributed by atoms with E-state index in [1.54, 1.807) is 0 Å². The molecular weight excluding hydrogens is 311 g/mol. The Balaban J connectivity index is 2.62. The first kappa shape index (κ1) is 19.1. The van der Waals surface area contributed by atoms with Crippen molar-refractivity contribution >= 4 is 12.9 Å². The summed E-state index contributed by atoms with van der Waals surface area (Å²) in [5.74, 6) is 0. The average Bonchev–Trinajstić information content (AvgIpc) is 2.65. The van der Waals surface area contributed by atoms with Gasteiger partial charge in [0, 0.05) is 26.2 Å². The molecule has 2 rings (SSSR count). The zero-order valence-corrected chi connectivity index (χ0v) is 16.5. The molecule has 0 bridgehead atoms. The van der Waals surface area contributed by atoms with Gasteiger partial charge in [0.15, 0.2) is 7.56 Å². The first-order valence-electron chi connectivity index (χ1n) is 9.21. The molecule has 0 spiro atoms. The second kappa shape index (κ2) is 9.32. The number of rotatable bonds is 9. The molecule has 0 aliphatic carbocycles. The molecule has 0 saturated carbocycles. The first-order valence-corrected chi connectivity index (χ1v) is 11.1. The lowest BCUT2D eigenvalue weighted by Gasteiger charge is -2.42. The Morgan fingerprint density at radius 1 is 0.625 bits per heavy atom. The van der Waals surface area contributed by atoms with Crippen molar-refractivity contribution in [3.8, 4) is 0 Å². The van der Waals surface area contributed by atoms with Crippen LogP contribution in [0.1, 0.15) is 33.3 Å². The van der Waals surface area contributed by atoms with Crippen molar-refractivity contribution in [1.82, 2.24) is 9.34 Å². The third-order valence-corrected chi connectivity index (χ3v) is 9.75. The first-order chi connectivity index (χ1) is 11.7. The van der Waals surface area contributed by atoms with Gasteiger partial charge in [-0.2, -0.15) is 9.34 Å². The van der Waals surface area contributed by atoms with Gasteiger partial charge in [0.05, 0.1) is 0 Å². The monoisotopic (exact) mass is 343 g/mol. The standard InChI is InChI=1S/C21H32N2P/c1-5-22(6-2)24(23(7-3)8-4,21-17-13-10-14-18-21)19-20-15-11-9-12-16-20/h9-18H,5-8,19H2,1-4H3/q+1. The normalized spacial score (nSPS) is 12.1. The van der Waals surface area contributed by atoms with Crippen LogP contribution >= 0.6 is 7.56 Å². The van der Waals surface area contributed by atoms with Crippen molar-refractivity contribution in [2.24, 2.45) is 0 Å². The lowest BCUT2D eigenvalue weighted by molar-refractivity contribution is 0.411. The van der Waals surface area contributed by atoms with E-state index in [4.69, 9.17) is 0 Å². The van der Waals surface area contributed by atoms with Crippen LogP contribution in [0.2, 0.25) is 0 Å². The van der Waals surface area contributed by atoms with Crippen molar-refractivity contribution in [2.45, 2.75) is 33.9 Å². The highest BCUT2D eigenvalue weighted by Gasteiger charge is 2.50. The van der Waals surface area contributed by atoms with Crippen molar-refractivity contribution < 1.29 is 0 Å². The molecule has 0 unspecified atom stereocenters. The Labute approximate surface area is 148 Å². The molecule has 2 aromatic rings. The number of hydrogen-bond donors (Lipinski definition) is 0. The van der Waals surface area contributed by atoms with Crippen LogP contribution in [-0.2, 0) is 6.16 Å². The largest absolute Gasteiger partial charge is 0.190 e. The van der Waals surface area contributed by atoms with Gasteiger partial charge in [0.1, 0.15) is 11.5 Å². The molecule has 3 heteroatoms. The maximum absolute atomic E-state index is 2.72. The third-order valence-electron chi connectivity index (χ3n) is 4.81. The van der Waals surface area contributed by atoms with Crippen LogP contribution in [-0.4, -0.2) is 35.5 Å². The van der Waals surface area contributed by atoms with Crippen LogP contribution in [0.3, 0.4) is 0 Å². The molecule has 0 fully saturated rings. The fraction of sp³-hybridized carbons (Fsp3) is 0.429. The second-order valence-corrected chi connectivity index (χ2v) is 9.41. The van der Waals surface area contributed by atoms with Gasteiger partial charge in [0.2, 0.25) is 0 Å². The minimum absolute atomic E-state index is 1.09. The second-order valence-electron chi connectivity index (χ2n) is 5.99. The van der Waals surface area contributed by atoms with Gasteiger partial charge in [-0.25, -0.2) is 0 Å². The van der Waals surface area contributed by atoms with Crippen LogP contribution in [0.25, 0.3) is 0 Å². The van der Waals surface area contributed by atoms with E-state index < -0.39 is 7.56 Å². The quantitative estimate of drug-likeness (QED) is 0.588. The third kappa shape index (κ3) is 3.88. The van der Waals surface area contributed by atoms with E-state index in [-0.39, 0.29) is 0 Å². The number of nitrogens with zero attached hydrogens (tertiary/aromatic N) is 2. The summed E-state index contributed by atoms with van der Waals surface area (Å²) in [4.78, 5) is 0. The van der Waals surface area contributed by atoms with Crippen LogP contribution in [0.5, 0.6) is 0 Å². The topological polar surface area (TPSA) is 6.48 Å². The average molecular weight is 343 g/mol. The molecule has 0 aliphatic rings. The Bertz CT molecular complexity index is 565. The lowest BCUT2D eigenvalue weighted by Crippen LogP contribution is -2.42. The fourth-order valence-electron chi connectivity index (χ4n) is 3.68. The van der Waals surface area contributed by atoms with Crippen molar-refractivity contribution in [3.05, 3.63) is 66.2 Å². The molecule has 0 saturated heterocycles. The molecule has 2 aromatic carbocycles. The summed E-state index contributed by atoms with van der Waals surface area (Å²) in [6.45, 7) is 13.5. The molecule has 0 heterocycles. The zero-order valence-electron chi connectivity index (χ0n) is 15.7. The Morgan fingerprint density at radius 3 is 1.46 bits per heavy atom. The lowest BCUT2D eigenvalue weighted by atomic mass is 10.2. The summed E-state index contributed by atoms with van der Waals surface area (Å²) in [6, 6.07) is 22.2. The molecular formula is C21H32N2P+. The summed E-state index contributed by atoms with van der Waals surface area (Å²) in [6.07, 6.45) is 1.11. The van der Waals surface area contributed by atoms with E-state index in [2.05, 4.69) is 97.7 Å². The highest BCUT2D eigenvalue weighted by molar-refractivity contribution is 7.78. The summed E-state index contributed by atoms with van der Waals surface area (Å²) in [7, 11) is -1.62. The van der Waals surface area contributed by atoms with Gasteiger partial charge in [-0.15, -0.1) is 0 Å². The van der Waals surface area contributed by atoms with Crippen LogP contribution in [0.4, 0.5) is 0 Å². The van der Waals surface area contributed by atoms with E-state index in [0.717, 1.165) is 32.3 Å². The van der Waals surface area contributed by atoms with Gasteiger partial charge >= 0.3 is 0 Å². The molecule has 0 aliphatic heterocycles.